The lowest BCUT2D eigenvalue weighted by Gasteiger charge is -2.23. The molecule has 0 aliphatic carbocycles. The number of hydrogen-bond acceptors (Lipinski definition) is 5. The van der Waals surface area contributed by atoms with Gasteiger partial charge in [0.05, 0.1) is 23.8 Å². The first kappa shape index (κ1) is 14.1. The van der Waals surface area contributed by atoms with E-state index in [-0.39, 0.29) is 23.9 Å². The molecule has 3 N–H and O–H groups in total. The molecule has 0 radical (unpaired) electrons. The summed E-state index contributed by atoms with van der Waals surface area (Å²) >= 11 is 0. The molecule has 1 aliphatic heterocycles. The van der Waals surface area contributed by atoms with Gasteiger partial charge in [-0.1, -0.05) is 12.1 Å². The molecule has 0 unspecified atom stereocenters. The predicted octanol–water partition coefficient (Wildman–Crippen LogP) is 1.91. The number of nitrogens with zero attached hydrogens (tertiary/aromatic N) is 2. The van der Waals surface area contributed by atoms with Gasteiger partial charge in [-0.15, -0.1) is 5.10 Å². The van der Waals surface area contributed by atoms with Gasteiger partial charge in [0.2, 0.25) is 11.8 Å². The third-order valence-corrected chi connectivity index (χ3v) is 3.51. The topological polar surface area (TPSA) is 97.0 Å². The maximum atomic E-state index is 13.2. The van der Waals surface area contributed by atoms with Gasteiger partial charge in [-0.2, -0.15) is 5.26 Å². The summed E-state index contributed by atoms with van der Waals surface area (Å²) in [5.41, 5.74) is 8.18. The fourth-order valence-electron chi connectivity index (χ4n) is 2.55. The minimum atomic E-state index is -0.474. The Labute approximate surface area is 126 Å². The van der Waals surface area contributed by atoms with Crippen molar-refractivity contribution in [2.75, 3.05) is 7.11 Å². The average molecular weight is 300 g/mol. The van der Waals surface area contributed by atoms with E-state index >= 15 is 0 Å². The molecule has 0 fully saturated rings. The summed E-state index contributed by atoms with van der Waals surface area (Å²) in [4.78, 5) is 0. The number of H-pyrrole nitrogens is 1. The van der Waals surface area contributed by atoms with Crippen LogP contribution in [-0.4, -0.2) is 17.3 Å². The van der Waals surface area contributed by atoms with Gasteiger partial charge in [0.25, 0.3) is 0 Å². The Morgan fingerprint density at radius 1 is 1.45 bits per heavy atom. The summed E-state index contributed by atoms with van der Waals surface area (Å²) in [5, 5.41) is 16.3. The number of allylic oxidation sites excluding steroid dienone is 1. The van der Waals surface area contributed by atoms with Crippen LogP contribution in [0.25, 0.3) is 0 Å². The maximum Gasteiger partial charge on any atom is 0.244 e. The highest BCUT2D eigenvalue weighted by Crippen LogP contribution is 2.42. The Bertz CT molecular complexity index is 774. The Balaban J connectivity index is 2.19. The molecule has 112 valence electrons. The van der Waals surface area contributed by atoms with Gasteiger partial charge < -0.3 is 15.2 Å². The number of hydrogen-bond donors (Lipinski definition) is 2. The van der Waals surface area contributed by atoms with Crippen LogP contribution in [0.5, 0.6) is 5.88 Å². The number of rotatable bonds is 3. The SMILES string of the molecule is COCc1[nH]nc2c1[C@H](c1ccc(F)cc1)C(C#N)=C(N)O2. The minimum Gasteiger partial charge on any atom is -0.420 e. The van der Waals surface area contributed by atoms with Crippen LogP contribution in [0.2, 0.25) is 0 Å². The summed E-state index contributed by atoms with van der Waals surface area (Å²) in [6.07, 6.45) is 0. The number of nitriles is 1. The van der Waals surface area contributed by atoms with Gasteiger partial charge in [0.1, 0.15) is 17.5 Å². The van der Waals surface area contributed by atoms with E-state index in [4.69, 9.17) is 15.2 Å². The molecular weight excluding hydrogens is 287 g/mol. The first-order valence-corrected chi connectivity index (χ1v) is 6.54. The molecule has 2 aromatic rings. The molecule has 3 rings (SSSR count). The van der Waals surface area contributed by atoms with E-state index in [2.05, 4.69) is 16.3 Å². The van der Waals surface area contributed by atoms with Crippen molar-refractivity contribution in [3.63, 3.8) is 0 Å². The lowest BCUT2D eigenvalue weighted by molar-refractivity contribution is 0.180. The number of benzene rings is 1. The third kappa shape index (κ3) is 2.19. The number of fused-ring (bicyclic) bond motifs is 1. The Morgan fingerprint density at radius 2 is 2.18 bits per heavy atom. The first-order valence-electron chi connectivity index (χ1n) is 6.54. The van der Waals surface area contributed by atoms with Crippen molar-refractivity contribution in [1.82, 2.24) is 10.2 Å². The Kier molecular flexibility index (Phi) is 3.53. The number of nitrogens with two attached hydrogens (primary N) is 1. The van der Waals surface area contributed by atoms with E-state index in [1.807, 2.05) is 0 Å². The van der Waals surface area contributed by atoms with E-state index in [0.717, 1.165) is 5.56 Å². The second kappa shape index (κ2) is 5.50. The fraction of sp³-hybridized carbons (Fsp3) is 0.200. The molecule has 0 saturated carbocycles. The molecule has 6 nitrogen and oxygen atoms in total. The Hall–Kier alpha value is -2.85. The van der Waals surface area contributed by atoms with Crippen molar-refractivity contribution in [2.24, 2.45) is 5.73 Å². The highest BCUT2D eigenvalue weighted by atomic mass is 19.1. The monoisotopic (exact) mass is 300 g/mol. The molecule has 1 aliphatic rings. The molecule has 1 aromatic carbocycles. The summed E-state index contributed by atoms with van der Waals surface area (Å²) in [6, 6.07) is 7.98. The van der Waals surface area contributed by atoms with E-state index < -0.39 is 5.92 Å². The smallest absolute Gasteiger partial charge is 0.244 e. The maximum absolute atomic E-state index is 13.2. The highest BCUT2D eigenvalue weighted by Gasteiger charge is 2.35. The molecule has 7 heteroatoms. The van der Waals surface area contributed by atoms with Crippen LogP contribution in [0, 0.1) is 17.1 Å². The van der Waals surface area contributed by atoms with Gasteiger partial charge in [0.15, 0.2) is 0 Å². The van der Waals surface area contributed by atoms with Crippen LogP contribution in [0.1, 0.15) is 22.7 Å². The molecule has 0 saturated heterocycles. The second-order valence-corrected chi connectivity index (χ2v) is 4.83. The molecule has 22 heavy (non-hydrogen) atoms. The average Bonchev–Trinajstić information content (AvgIpc) is 2.90. The van der Waals surface area contributed by atoms with Gasteiger partial charge in [-0.3, -0.25) is 5.10 Å². The normalized spacial score (nSPS) is 16.9. The van der Waals surface area contributed by atoms with Gasteiger partial charge >= 0.3 is 0 Å². The molecule has 1 aromatic heterocycles. The van der Waals surface area contributed by atoms with Crippen molar-refractivity contribution in [1.29, 1.82) is 5.26 Å². The molecule has 0 amide bonds. The number of halogens is 1. The summed E-state index contributed by atoms with van der Waals surface area (Å²) < 4.78 is 23.7. The molecule has 0 spiro atoms. The van der Waals surface area contributed by atoms with Crippen molar-refractivity contribution in [3.8, 4) is 11.9 Å². The lowest BCUT2D eigenvalue weighted by Crippen LogP contribution is -2.21. The third-order valence-electron chi connectivity index (χ3n) is 3.51. The fourth-order valence-corrected chi connectivity index (χ4v) is 2.55. The summed E-state index contributed by atoms with van der Waals surface area (Å²) in [5.74, 6) is -0.522. The zero-order chi connectivity index (χ0) is 15.7. The molecule has 1 atom stereocenters. The largest absolute Gasteiger partial charge is 0.420 e. The first-order chi connectivity index (χ1) is 10.7. The van der Waals surface area contributed by atoms with E-state index in [1.165, 1.54) is 12.1 Å². The van der Waals surface area contributed by atoms with Crippen molar-refractivity contribution < 1.29 is 13.9 Å². The minimum absolute atomic E-state index is 0.000193. The van der Waals surface area contributed by atoms with E-state index in [9.17, 15) is 9.65 Å². The standard InChI is InChI=1S/C15H13FN4O2/c1-21-7-11-13-12(8-2-4-9(16)5-3-8)10(6-17)14(18)22-15(13)20-19-11/h2-5,12H,7,18H2,1H3,(H,19,20)/t12-/m1/s1. The second-order valence-electron chi connectivity index (χ2n) is 4.83. The Morgan fingerprint density at radius 3 is 2.82 bits per heavy atom. The molecule has 2 heterocycles. The molecular formula is C15H13FN4O2. The summed E-state index contributed by atoms with van der Waals surface area (Å²) in [6.45, 7) is 0.280. The van der Waals surface area contributed by atoms with Gasteiger partial charge in [-0.05, 0) is 17.7 Å². The van der Waals surface area contributed by atoms with Crippen molar-refractivity contribution >= 4 is 0 Å². The number of methoxy groups -OCH3 is 1. The number of aromatic nitrogens is 2. The number of nitrogens with one attached hydrogen (secondary N) is 1. The van der Waals surface area contributed by atoms with E-state index in [1.54, 1.807) is 19.2 Å². The van der Waals surface area contributed by atoms with E-state index in [0.29, 0.717) is 17.1 Å². The van der Waals surface area contributed by atoms with Crippen molar-refractivity contribution in [3.05, 3.63) is 58.4 Å². The zero-order valence-corrected chi connectivity index (χ0v) is 11.8. The van der Waals surface area contributed by atoms with Crippen LogP contribution in [0.3, 0.4) is 0 Å². The van der Waals surface area contributed by atoms with Gasteiger partial charge in [-0.25, -0.2) is 4.39 Å². The zero-order valence-electron chi connectivity index (χ0n) is 11.8. The summed E-state index contributed by atoms with van der Waals surface area (Å²) in [7, 11) is 1.55. The predicted molar refractivity (Wildman–Crippen MR) is 75.0 cm³/mol. The number of ether oxygens (including phenoxy) is 2. The van der Waals surface area contributed by atoms with Crippen LogP contribution in [0.4, 0.5) is 4.39 Å². The molecule has 0 bridgehead atoms. The quantitative estimate of drug-likeness (QED) is 0.902. The van der Waals surface area contributed by atoms with Crippen LogP contribution < -0.4 is 10.5 Å². The van der Waals surface area contributed by atoms with Crippen LogP contribution >= 0.6 is 0 Å². The van der Waals surface area contributed by atoms with Crippen molar-refractivity contribution in [2.45, 2.75) is 12.5 Å². The number of aromatic amines is 1. The van der Waals surface area contributed by atoms with Gasteiger partial charge in [0, 0.05) is 7.11 Å². The highest BCUT2D eigenvalue weighted by molar-refractivity contribution is 5.54. The van der Waals surface area contributed by atoms with Crippen LogP contribution in [-0.2, 0) is 11.3 Å². The van der Waals surface area contributed by atoms with Crippen LogP contribution in [0.15, 0.2) is 35.7 Å². The lowest BCUT2D eigenvalue weighted by atomic mass is 9.84.